The van der Waals surface area contributed by atoms with E-state index in [-0.39, 0.29) is 17.6 Å². The molecule has 0 radical (unpaired) electrons. The number of aromatic nitrogens is 2. The largest absolute Gasteiger partial charge is 0.416 e. The van der Waals surface area contributed by atoms with Crippen molar-refractivity contribution in [2.24, 2.45) is 0 Å². The zero-order chi connectivity index (χ0) is 26.2. The molecule has 3 aromatic rings. The van der Waals surface area contributed by atoms with Crippen molar-refractivity contribution in [3.8, 4) is 11.3 Å². The molecule has 0 bridgehead atoms. The standard InChI is InChI=1S/C27H28F3N5O2/c1-15-5-10-22(33-15)26(37)35-24-11-17(27(28,29)30)7-9-19(24)23-13-25(32-14-31-23)34-21-4-2-3-16-6-8-18(36)12-20(16)21/h2-4,7,9,11,13-15,18,22,33,36H,5-6,8,10,12H2,1H3,(H,35,37)(H,31,32,34)/t15-,18-,22+/m1/s1. The van der Waals surface area contributed by atoms with E-state index in [1.165, 1.54) is 12.4 Å². The van der Waals surface area contributed by atoms with Crippen LogP contribution in [0.2, 0.25) is 0 Å². The second-order valence-corrected chi connectivity index (χ2v) is 9.70. The predicted molar refractivity (Wildman–Crippen MR) is 134 cm³/mol. The number of fused-ring (bicyclic) bond motifs is 1. The molecule has 3 atom stereocenters. The summed E-state index contributed by atoms with van der Waals surface area (Å²) in [7, 11) is 0. The van der Waals surface area contributed by atoms with Gasteiger partial charge in [0.25, 0.3) is 0 Å². The fraction of sp³-hybridized carbons (Fsp3) is 0.370. The van der Waals surface area contributed by atoms with Crippen LogP contribution in [0.1, 0.15) is 42.9 Å². The summed E-state index contributed by atoms with van der Waals surface area (Å²) in [6, 6.07) is 10.4. The molecule has 1 aromatic heterocycles. The molecule has 0 saturated carbocycles. The highest BCUT2D eigenvalue weighted by Crippen LogP contribution is 2.36. The molecule has 1 saturated heterocycles. The number of carbonyl (C=O) groups is 1. The second kappa shape index (κ2) is 10.1. The summed E-state index contributed by atoms with van der Waals surface area (Å²) in [5.74, 6) is 0.0636. The minimum atomic E-state index is -4.56. The number of amides is 1. The molecule has 5 rings (SSSR count). The van der Waals surface area contributed by atoms with Crippen LogP contribution in [-0.2, 0) is 23.8 Å². The zero-order valence-electron chi connectivity index (χ0n) is 20.3. The van der Waals surface area contributed by atoms with Crippen molar-refractivity contribution >= 4 is 23.1 Å². The van der Waals surface area contributed by atoms with Gasteiger partial charge in [-0.25, -0.2) is 9.97 Å². The Kier molecular flexibility index (Phi) is 6.87. The number of hydrogen-bond acceptors (Lipinski definition) is 6. The molecule has 2 aromatic carbocycles. The predicted octanol–water partition coefficient (Wildman–Crippen LogP) is 4.83. The van der Waals surface area contributed by atoms with Gasteiger partial charge in [-0.1, -0.05) is 18.2 Å². The van der Waals surface area contributed by atoms with E-state index in [2.05, 4.69) is 25.9 Å². The number of rotatable bonds is 5. The molecule has 2 aliphatic rings. The summed E-state index contributed by atoms with van der Waals surface area (Å²) < 4.78 is 40.5. The summed E-state index contributed by atoms with van der Waals surface area (Å²) in [6.45, 7) is 1.96. The van der Waals surface area contributed by atoms with Crippen LogP contribution in [0.25, 0.3) is 11.3 Å². The van der Waals surface area contributed by atoms with Crippen LogP contribution in [-0.4, -0.2) is 39.2 Å². The molecule has 37 heavy (non-hydrogen) atoms. The summed E-state index contributed by atoms with van der Waals surface area (Å²) >= 11 is 0. The van der Waals surface area contributed by atoms with Crippen LogP contribution in [0.5, 0.6) is 0 Å². The third kappa shape index (κ3) is 5.60. The smallest absolute Gasteiger partial charge is 0.393 e. The Morgan fingerprint density at radius 2 is 1.92 bits per heavy atom. The van der Waals surface area contributed by atoms with Crippen LogP contribution in [0, 0.1) is 0 Å². The maximum Gasteiger partial charge on any atom is 0.416 e. The van der Waals surface area contributed by atoms with E-state index < -0.39 is 23.9 Å². The van der Waals surface area contributed by atoms with E-state index >= 15 is 0 Å². The number of nitrogens with one attached hydrogen (secondary N) is 3. The second-order valence-electron chi connectivity index (χ2n) is 9.70. The van der Waals surface area contributed by atoms with Gasteiger partial charge in [0.1, 0.15) is 12.1 Å². The highest BCUT2D eigenvalue weighted by Gasteiger charge is 2.32. The monoisotopic (exact) mass is 511 g/mol. The number of anilines is 3. The Bertz CT molecular complexity index is 1310. The van der Waals surface area contributed by atoms with Crippen LogP contribution >= 0.6 is 0 Å². The van der Waals surface area contributed by atoms with E-state index in [4.69, 9.17) is 0 Å². The summed E-state index contributed by atoms with van der Waals surface area (Å²) in [5.41, 5.74) is 2.87. The van der Waals surface area contributed by atoms with Gasteiger partial charge < -0.3 is 21.1 Å². The van der Waals surface area contributed by atoms with Gasteiger partial charge in [-0.2, -0.15) is 13.2 Å². The van der Waals surface area contributed by atoms with Crippen molar-refractivity contribution in [2.45, 2.75) is 63.4 Å². The van der Waals surface area contributed by atoms with Crippen LogP contribution in [0.15, 0.2) is 48.8 Å². The maximum atomic E-state index is 13.5. The summed E-state index contributed by atoms with van der Waals surface area (Å²) in [6.07, 6.45) is -0.200. The third-order valence-electron chi connectivity index (χ3n) is 6.96. The topological polar surface area (TPSA) is 99.2 Å². The molecule has 1 amide bonds. The molecule has 4 N–H and O–H groups in total. The summed E-state index contributed by atoms with van der Waals surface area (Å²) in [4.78, 5) is 21.4. The lowest BCUT2D eigenvalue weighted by atomic mass is 9.88. The van der Waals surface area contributed by atoms with Gasteiger partial charge in [-0.3, -0.25) is 4.79 Å². The first-order chi connectivity index (χ1) is 17.7. The number of nitrogens with zero attached hydrogens (tertiary/aromatic N) is 2. The van der Waals surface area contributed by atoms with Gasteiger partial charge in [0.15, 0.2) is 0 Å². The van der Waals surface area contributed by atoms with Gasteiger partial charge in [-0.05, 0) is 61.9 Å². The Hall–Kier alpha value is -3.50. The third-order valence-corrected chi connectivity index (χ3v) is 6.96. The number of aliphatic hydroxyl groups excluding tert-OH is 1. The lowest BCUT2D eigenvalue weighted by molar-refractivity contribution is -0.137. The number of carbonyl (C=O) groups excluding carboxylic acids is 1. The zero-order valence-corrected chi connectivity index (χ0v) is 20.3. The van der Waals surface area contributed by atoms with Crippen LogP contribution < -0.4 is 16.0 Å². The Labute approximate surface area is 212 Å². The Balaban J connectivity index is 1.46. The van der Waals surface area contributed by atoms with Crippen molar-refractivity contribution in [1.82, 2.24) is 15.3 Å². The molecule has 194 valence electrons. The van der Waals surface area contributed by atoms with Crippen LogP contribution in [0.3, 0.4) is 0 Å². The molecule has 7 nitrogen and oxygen atoms in total. The van der Waals surface area contributed by atoms with Crippen molar-refractivity contribution in [3.05, 3.63) is 65.5 Å². The fourth-order valence-corrected chi connectivity index (χ4v) is 5.00. The molecule has 2 heterocycles. The van der Waals surface area contributed by atoms with Crippen molar-refractivity contribution in [2.75, 3.05) is 10.6 Å². The van der Waals surface area contributed by atoms with Gasteiger partial charge in [-0.15, -0.1) is 0 Å². The van der Waals surface area contributed by atoms with Crippen LogP contribution in [0.4, 0.5) is 30.4 Å². The SMILES string of the molecule is C[C@@H]1CC[C@@H](C(=O)Nc2cc(C(F)(F)F)ccc2-c2cc(Nc3cccc4c3C[C@H](O)CC4)ncn2)N1. The molecule has 0 spiro atoms. The van der Waals surface area contributed by atoms with Gasteiger partial charge in [0, 0.05) is 29.8 Å². The number of aryl methyl sites for hydroxylation is 1. The fourth-order valence-electron chi connectivity index (χ4n) is 5.00. The van der Waals surface area contributed by atoms with E-state index in [0.717, 1.165) is 41.8 Å². The molecule has 1 fully saturated rings. The van der Waals surface area contributed by atoms with Crippen molar-refractivity contribution in [3.63, 3.8) is 0 Å². The first kappa shape index (κ1) is 25.2. The number of aliphatic hydroxyl groups is 1. The average Bonchev–Trinajstić information content (AvgIpc) is 3.30. The number of alkyl halides is 3. The molecule has 0 unspecified atom stereocenters. The molecule has 1 aliphatic carbocycles. The molecular formula is C27H28F3N5O2. The highest BCUT2D eigenvalue weighted by molar-refractivity contribution is 5.98. The highest BCUT2D eigenvalue weighted by atomic mass is 19.4. The van der Waals surface area contributed by atoms with E-state index in [1.807, 2.05) is 25.1 Å². The minimum Gasteiger partial charge on any atom is -0.393 e. The Morgan fingerprint density at radius 3 is 2.68 bits per heavy atom. The normalized spacial score (nSPS) is 21.4. The molecule has 1 aliphatic heterocycles. The first-order valence-corrected chi connectivity index (χ1v) is 12.3. The average molecular weight is 512 g/mol. The quantitative estimate of drug-likeness (QED) is 0.392. The van der Waals surface area contributed by atoms with E-state index in [1.54, 1.807) is 6.07 Å². The van der Waals surface area contributed by atoms with Crippen molar-refractivity contribution in [1.29, 1.82) is 0 Å². The Morgan fingerprint density at radius 1 is 1.08 bits per heavy atom. The molecule has 10 heteroatoms. The van der Waals surface area contributed by atoms with Crippen molar-refractivity contribution < 1.29 is 23.1 Å². The maximum absolute atomic E-state index is 13.5. The van der Waals surface area contributed by atoms with Gasteiger partial charge >= 0.3 is 6.18 Å². The number of benzene rings is 2. The number of halogens is 3. The van der Waals surface area contributed by atoms with Gasteiger partial charge in [0.2, 0.25) is 5.91 Å². The first-order valence-electron chi connectivity index (χ1n) is 12.3. The summed E-state index contributed by atoms with van der Waals surface area (Å²) in [5, 5.41) is 19.3. The lowest BCUT2D eigenvalue weighted by Crippen LogP contribution is -2.38. The van der Waals surface area contributed by atoms with Gasteiger partial charge in [0.05, 0.1) is 29.1 Å². The lowest BCUT2D eigenvalue weighted by Gasteiger charge is -2.23. The van der Waals surface area contributed by atoms with E-state index in [9.17, 15) is 23.1 Å². The number of hydrogen-bond donors (Lipinski definition) is 4. The molecular weight excluding hydrogens is 483 g/mol. The van der Waals surface area contributed by atoms with E-state index in [0.29, 0.717) is 36.3 Å². The minimum absolute atomic E-state index is 0.0334.